The van der Waals surface area contributed by atoms with Crippen molar-refractivity contribution in [2.24, 2.45) is 0 Å². The summed E-state index contributed by atoms with van der Waals surface area (Å²) in [6.07, 6.45) is -1.67. The molecule has 4 aromatic rings. The van der Waals surface area contributed by atoms with Gasteiger partial charge >= 0.3 is 6.18 Å². The molecule has 0 radical (unpaired) electrons. The highest BCUT2D eigenvalue weighted by Gasteiger charge is 2.33. The first-order valence-electron chi connectivity index (χ1n) is 11.6. The molecule has 0 amide bonds. The third-order valence-electron chi connectivity index (χ3n) is 5.95. The number of alkyl halides is 3. The first-order valence-corrected chi connectivity index (χ1v) is 14.0. The summed E-state index contributed by atoms with van der Waals surface area (Å²) in [7, 11) is -3.90. The van der Waals surface area contributed by atoms with Gasteiger partial charge in [-0.2, -0.15) is 18.3 Å². The van der Waals surface area contributed by atoms with Crippen molar-refractivity contribution >= 4 is 26.5 Å². The number of nitrogens with zero attached hydrogens (tertiary/aromatic N) is 3. The van der Waals surface area contributed by atoms with Crippen molar-refractivity contribution in [2.45, 2.75) is 43.5 Å². The van der Waals surface area contributed by atoms with E-state index in [0.717, 1.165) is 23.5 Å². The van der Waals surface area contributed by atoms with Crippen LogP contribution in [-0.2, 0) is 16.2 Å². The number of benzene rings is 2. The fourth-order valence-electron chi connectivity index (χ4n) is 4.18. The Kier molecular flexibility index (Phi) is 6.82. The molecule has 0 aliphatic carbocycles. The van der Waals surface area contributed by atoms with E-state index in [4.69, 9.17) is 9.47 Å². The first kappa shape index (κ1) is 26.0. The normalized spacial score (nSPS) is 15.7. The van der Waals surface area contributed by atoms with E-state index in [9.17, 15) is 21.6 Å². The van der Waals surface area contributed by atoms with Crippen LogP contribution in [0.5, 0.6) is 11.5 Å². The zero-order valence-electron chi connectivity index (χ0n) is 20.3. The molecule has 1 aliphatic rings. The third-order valence-corrected chi connectivity index (χ3v) is 8.10. The van der Waals surface area contributed by atoms with Crippen LogP contribution in [0.1, 0.15) is 43.5 Å². The highest BCUT2D eigenvalue weighted by Crippen LogP contribution is 2.42. The molecule has 3 heterocycles. The number of nitrogens with one attached hydrogen (secondary N) is 1. The average Bonchev–Trinajstić information content (AvgIpc) is 3.55. The maximum atomic E-state index is 13.6. The average molecular weight is 565 g/mol. The molecule has 2 aromatic heterocycles. The summed E-state index contributed by atoms with van der Waals surface area (Å²) in [6.45, 7) is 4.00. The van der Waals surface area contributed by atoms with Gasteiger partial charge in [-0.25, -0.2) is 13.4 Å². The summed E-state index contributed by atoms with van der Waals surface area (Å²) in [5.41, 5.74) is 0.535. The number of sulfonamides is 1. The second kappa shape index (κ2) is 9.95. The Morgan fingerprint density at radius 3 is 2.68 bits per heavy atom. The Bertz CT molecular complexity index is 1550. The zero-order valence-corrected chi connectivity index (χ0v) is 21.9. The summed E-state index contributed by atoms with van der Waals surface area (Å²) in [5.74, 6) is 0.573. The Labute approximate surface area is 221 Å². The summed E-state index contributed by atoms with van der Waals surface area (Å²) < 4.78 is 82.4. The lowest BCUT2D eigenvalue weighted by molar-refractivity contribution is -0.137. The molecule has 1 unspecified atom stereocenters. The molecule has 5 rings (SSSR count). The summed E-state index contributed by atoms with van der Waals surface area (Å²) >= 11 is 1.15. The lowest BCUT2D eigenvalue weighted by Crippen LogP contribution is -2.20. The van der Waals surface area contributed by atoms with Gasteiger partial charge < -0.3 is 9.47 Å². The fourth-order valence-corrected chi connectivity index (χ4v) is 5.98. The molecular weight excluding hydrogens is 541 g/mol. The molecule has 1 N–H and O–H groups in total. The third kappa shape index (κ3) is 5.20. The number of rotatable bonds is 7. The molecule has 8 nitrogen and oxygen atoms in total. The maximum Gasteiger partial charge on any atom is 0.416 e. The number of hydrogen-bond acceptors (Lipinski definition) is 7. The van der Waals surface area contributed by atoms with E-state index < -0.39 is 27.9 Å². The number of fused-ring (bicyclic) bond motifs is 1. The van der Waals surface area contributed by atoms with Crippen molar-refractivity contribution in [3.8, 4) is 22.8 Å². The molecule has 1 atom stereocenters. The lowest BCUT2D eigenvalue weighted by Gasteiger charge is -2.28. The highest BCUT2D eigenvalue weighted by molar-refractivity contribution is 7.93. The first-order chi connectivity index (χ1) is 18.0. The van der Waals surface area contributed by atoms with Crippen LogP contribution in [0.4, 0.5) is 18.3 Å². The Morgan fingerprint density at radius 2 is 1.97 bits per heavy atom. The van der Waals surface area contributed by atoms with Gasteiger partial charge in [0.1, 0.15) is 17.6 Å². The highest BCUT2D eigenvalue weighted by atomic mass is 32.2. The largest absolute Gasteiger partial charge is 0.493 e. The van der Waals surface area contributed by atoms with Crippen molar-refractivity contribution < 1.29 is 31.1 Å². The summed E-state index contributed by atoms with van der Waals surface area (Å²) in [6, 6.07) is 9.33. The molecule has 0 bridgehead atoms. The molecule has 0 spiro atoms. The van der Waals surface area contributed by atoms with Crippen LogP contribution in [0.25, 0.3) is 11.3 Å². The van der Waals surface area contributed by atoms with E-state index in [1.807, 2.05) is 13.8 Å². The number of hydrogen-bond donors (Lipinski definition) is 1. The molecular formula is C25H23F3N4O4S2. The predicted molar refractivity (Wildman–Crippen MR) is 136 cm³/mol. The number of ether oxygens (including phenoxy) is 2. The molecule has 1 aliphatic heterocycles. The van der Waals surface area contributed by atoms with Gasteiger partial charge in [0, 0.05) is 47.4 Å². The Hall–Kier alpha value is -3.58. The SMILES string of the molecule is CC(C)n1nccc1-c1cc(C(F)(F)F)ccc1OC1CCOc2cc(S(=O)(=O)Nc3nccs3)ccc21. The molecule has 200 valence electrons. The van der Waals surface area contributed by atoms with Crippen molar-refractivity contribution in [3.63, 3.8) is 0 Å². The number of aromatic nitrogens is 3. The predicted octanol–water partition coefficient (Wildman–Crippen LogP) is 6.31. The molecule has 0 fully saturated rings. The van der Waals surface area contributed by atoms with Gasteiger partial charge in [0.25, 0.3) is 10.0 Å². The zero-order chi connectivity index (χ0) is 27.1. The minimum absolute atomic E-state index is 0.0110. The van der Waals surface area contributed by atoms with Crippen LogP contribution in [-0.4, -0.2) is 29.8 Å². The minimum atomic E-state index is -4.53. The second-order valence-corrected chi connectivity index (χ2v) is 11.4. The van der Waals surface area contributed by atoms with E-state index in [2.05, 4.69) is 14.8 Å². The second-order valence-electron chi connectivity index (χ2n) is 8.85. The van der Waals surface area contributed by atoms with E-state index in [1.54, 1.807) is 22.2 Å². The quantitative estimate of drug-likeness (QED) is 0.283. The van der Waals surface area contributed by atoms with Crippen LogP contribution in [0.2, 0.25) is 0 Å². The molecule has 38 heavy (non-hydrogen) atoms. The molecule has 2 aromatic carbocycles. The van der Waals surface area contributed by atoms with Gasteiger partial charge in [-0.15, -0.1) is 11.3 Å². The van der Waals surface area contributed by atoms with Crippen molar-refractivity contribution in [3.05, 3.63) is 71.4 Å². The van der Waals surface area contributed by atoms with Crippen LogP contribution in [0.3, 0.4) is 0 Å². The lowest BCUT2D eigenvalue weighted by atomic mass is 10.0. The topological polar surface area (TPSA) is 95.3 Å². The standard InChI is InChI=1S/C25H23F3N4O4S2/c1-15(2)32-20(7-9-30-32)19-13-16(25(26,27)28)3-6-21(19)36-22-8-11-35-23-14-17(4-5-18(22)23)38(33,34)31-24-29-10-12-37-24/h3-7,9-10,12-15,22H,8,11H2,1-2H3,(H,29,31). The van der Waals surface area contributed by atoms with Crippen molar-refractivity contribution in [1.29, 1.82) is 0 Å². The van der Waals surface area contributed by atoms with Gasteiger partial charge in [-0.05, 0) is 44.2 Å². The summed E-state index contributed by atoms with van der Waals surface area (Å²) in [4.78, 5) is 3.93. The van der Waals surface area contributed by atoms with Gasteiger partial charge in [-0.3, -0.25) is 9.40 Å². The maximum absolute atomic E-state index is 13.6. The van der Waals surface area contributed by atoms with Crippen LogP contribution >= 0.6 is 11.3 Å². The molecule has 13 heteroatoms. The van der Waals surface area contributed by atoms with Gasteiger partial charge in [-0.1, -0.05) is 6.07 Å². The Morgan fingerprint density at radius 1 is 1.16 bits per heavy atom. The van der Waals surface area contributed by atoms with Crippen LogP contribution in [0, 0.1) is 0 Å². The number of thiazole rings is 1. The number of anilines is 1. The monoisotopic (exact) mass is 564 g/mol. The minimum Gasteiger partial charge on any atom is -0.493 e. The smallest absolute Gasteiger partial charge is 0.416 e. The number of halogens is 3. The fraction of sp³-hybridized carbons (Fsp3) is 0.280. The van der Waals surface area contributed by atoms with Gasteiger partial charge in [0.2, 0.25) is 0 Å². The van der Waals surface area contributed by atoms with Crippen LogP contribution in [0.15, 0.2) is 65.1 Å². The molecule has 0 saturated carbocycles. The summed E-state index contributed by atoms with van der Waals surface area (Å²) in [5, 5.41) is 6.15. The van der Waals surface area contributed by atoms with E-state index in [0.29, 0.717) is 23.4 Å². The Balaban J connectivity index is 1.49. The van der Waals surface area contributed by atoms with E-state index >= 15 is 0 Å². The molecule has 0 saturated heterocycles. The van der Waals surface area contributed by atoms with E-state index in [1.165, 1.54) is 30.6 Å². The van der Waals surface area contributed by atoms with Crippen LogP contribution < -0.4 is 14.2 Å². The van der Waals surface area contributed by atoms with Crippen molar-refractivity contribution in [2.75, 3.05) is 11.3 Å². The van der Waals surface area contributed by atoms with Gasteiger partial charge in [0.15, 0.2) is 5.13 Å². The van der Waals surface area contributed by atoms with Crippen molar-refractivity contribution in [1.82, 2.24) is 14.8 Å². The van der Waals surface area contributed by atoms with E-state index in [-0.39, 0.29) is 34.0 Å². The van der Waals surface area contributed by atoms with Gasteiger partial charge in [0.05, 0.1) is 22.8 Å².